The van der Waals surface area contributed by atoms with Crippen LogP contribution in [-0.2, 0) is 11.2 Å². The normalized spacial score (nSPS) is 11.4. The van der Waals surface area contributed by atoms with Crippen LogP contribution < -0.4 is 10.1 Å². The average molecular weight is 465 g/mol. The van der Waals surface area contributed by atoms with Crippen LogP contribution in [0.3, 0.4) is 0 Å². The Labute approximate surface area is 183 Å². The van der Waals surface area contributed by atoms with Gasteiger partial charge in [0.15, 0.2) is 17.1 Å². The molecule has 4 rings (SSSR count). The van der Waals surface area contributed by atoms with Gasteiger partial charge in [0.25, 0.3) is 5.91 Å². The van der Waals surface area contributed by atoms with Gasteiger partial charge in [0.05, 0.1) is 0 Å². The van der Waals surface area contributed by atoms with Gasteiger partial charge in [0, 0.05) is 16.6 Å². The van der Waals surface area contributed by atoms with E-state index < -0.39 is 5.60 Å². The summed E-state index contributed by atoms with van der Waals surface area (Å²) in [5.74, 6) is 1.01. The van der Waals surface area contributed by atoms with E-state index in [0.29, 0.717) is 34.8 Å². The summed E-state index contributed by atoms with van der Waals surface area (Å²) in [6, 6.07) is 22.8. The number of rotatable bonds is 6. The van der Waals surface area contributed by atoms with E-state index in [0.717, 1.165) is 10.0 Å². The van der Waals surface area contributed by atoms with Gasteiger partial charge in [-0.2, -0.15) is 0 Å². The Morgan fingerprint density at radius 3 is 2.53 bits per heavy atom. The first kappa shape index (κ1) is 20.2. The van der Waals surface area contributed by atoms with Crippen molar-refractivity contribution >= 4 is 38.6 Å². The molecule has 1 aromatic heterocycles. The lowest BCUT2D eigenvalue weighted by atomic mass is 10.1. The Kier molecular flexibility index (Phi) is 5.59. The molecule has 0 aliphatic rings. The van der Waals surface area contributed by atoms with Crippen LogP contribution in [-0.4, -0.2) is 16.5 Å². The highest BCUT2D eigenvalue weighted by Crippen LogP contribution is 2.25. The minimum atomic E-state index is -1.05. The number of hydrogen-bond donors (Lipinski definition) is 1. The number of halogens is 1. The molecule has 152 valence electrons. The van der Waals surface area contributed by atoms with Crippen LogP contribution in [0.4, 0.5) is 5.69 Å². The number of oxazole rings is 1. The monoisotopic (exact) mass is 464 g/mol. The topological polar surface area (TPSA) is 64.4 Å². The standard InChI is InChI=1S/C24H21BrN2O3/c1-24(2,30-19-11-8-17(25)9-12-19)23(28)26-18-10-13-21-20(15-18)27-22(29-21)14-16-6-4-3-5-7-16/h3-13,15H,14H2,1-2H3,(H,26,28). The third kappa shape index (κ3) is 4.71. The Hall–Kier alpha value is -3.12. The molecule has 1 N–H and O–H groups in total. The summed E-state index contributed by atoms with van der Waals surface area (Å²) in [7, 11) is 0. The highest BCUT2D eigenvalue weighted by molar-refractivity contribution is 9.10. The molecule has 0 atom stereocenters. The van der Waals surface area contributed by atoms with Crippen LogP contribution >= 0.6 is 15.9 Å². The largest absolute Gasteiger partial charge is 0.478 e. The maximum atomic E-state index is 12.8. The molecule has 5 nitrogen and oxygen atoms in total. The second-order valence-corrected chi connectivity index (χ2v) is 8.39. The first-order chi connectivity index (χ1) is 14.4. The third-order valence-electron chi connectivity index (χ3n) is 4.62. The van der Waals surface area contributed by atoms with Gasteiger partial charge in [0.2, 0.25) is 0 Å². The van der Waals surface area contributed by atoms with E-state index in [-0.39, 0.29) is 5.91 Å². The van der Waals surface area contributed by atoms with Crippen LogP contribution in [0.2, 0.25) is 0 Å². The van der Waals surface area contributed by atoms with Crippen molar-refractivity contribution < 1.29 is 13.9 Å². The van der Waals surface area contributed by atoms with Crippen LogP contribution in [0.1, 0.15) is 25.3 Å². The second-order valence-electron chi connectivity index (χ2n) is 7.47. The Balaban J connectivity index is 1.47. The molecule has 6 heteroatoms. The van der Waals surface area contributed by atoms with Crippen molar-refractivity contribution in [3.05, 3.63) is 88.7 Å². The van der Waals surface area contributed by atoms with Crippen LogP contribution in [0.5, 0.6) is 5.75 Å². The Morgan fingerprint density at radius 2 is 1.80 bits per heavy atom. The van der Waals surface area contributed by atoms with Crippen LogP contribution in [0.15, 0.2) is 81.7 Å². The van der Waals surface area contributed by atoms with E-state index in [2.05, 4.69) is 26.2 Å². The summed E-state index contributed by atoms with van der Waals surface area (Å²) in [6.45, 7) is 3.47. The summed E-state index contributed by atoms with van der Waals surface area (Å²) >= 11 is 3.39. The van der Waals surface area contributed by atoms with Crippen molar-refractivity contribution in [2.24, 2.45) is 0 Å². The van der Waals surface area contributed by atoms with Crippen LogP contribution in [0.25, 0.3) is 11.1 Å². The van der Waals surface area contributed by atoms with Crippen molar-refractivity contribution in [1.82, 2.24) is 4.98 Å². The summed E-state index contributed by atoms with van der Waals surface area (Å²) < 4.78 is 12.7. The molecule has 0 saturated heterocycles. The molecular weight excluding hydrogens is 444 g/mol. The van der Waals surface area contributed by atoms with E-state index in [4.69, 9.17) is 9.15 Å². The number of fused-ring (bicyclic) bond motifs is 1. The van der Waals surface area contributed by atoms with E-state index in [1.54, 1.807) is 26.0 Å². The zero-order valence-electron chi connectivity index (χ0n) is 16.7. The molecule has 1 heterocycles. The van der Waals surface area contributed by atoms with Gasteiger partial charge < -0.3 is 14.5 Å². The molecule has 0 aliphatic carbocycles. The van der Waals surface area contributed by atoms with Crippen molar-refractivity contribution in [2.45, 2.75) is 25.9 Å². The number of ether oxygens (including phenoxy) is 1. The lowest BCUT2D eigenvalue weighted by molar-refractivity contribution is -0.128. The molecule has 0 saturated carbocycles. The molecular formula is C24H21BrN2O3. The molecule has 0 aliphatic heterocycles. The number of aromatic nitrogens is 1. The predicted molar refractivity (Wildman–Crippen MR) is 121 cm³/mol. The van der Waals surface area contributed by atoms with Gasteiger partial charge in [0.1, 0.15) is 11.3 Å². The van der Waals surface area contributed by atoms with Gasteiger partial charge in [-0.05, 0) is 61.9 Å². The number of benzene rings is 3. The minimum Gasteiger partial charge on any atom is -0.478 e. The average Bonchev–Trinajstić information content (AvgIpc) is 3.12. The summed E-state index contributed by atoms with van der Waals surface area (Å²) in [6.07, 6.45) is 0.616. The van der Waals surface area contributed by atoms with Crippen molar-refractivity contribution in [3.63, 3.8) is 0 Å². The van der Waals surface area contributed by atoms with E-state index >= 15 is 0 Å². The molecule has 0 radical (unpaired) electrons. The SMILES string of the molecule is CC(C)(Oc1ccc(Br)cc1)C(=O)Nc1ccc2oc(Cc3ccccc3)nc2c1. The van der Waals surface area contributed by atoms with Gasteiger partial charge in [-0.15, -0.1) is 0 Å². The number of nitrogens with zero attached hydrogens (tertiary/aromatic N) is 1. The molecule has 1 amide bonds. The number of hydrogen-bond acceptors (Lipinski definition) is 4. The Morgan fingerprint density at radius 1 is 1.07 bits per heavy atom. The molecule has 0 spiro atoms. The predicted octanol–water partition coefficient (Wildman–Crippen LogP) is 5.98. The first-order valence-electron chi connectivity index (χ1n) is 9.58. The van der Waals surface area contributed by atoms with Crippen molar-refractivity contribution in [3.8, 4) is 5.75 Å². The fraction of sp³-hybridized carbons (Fsp3) is 0.167. The summed E-state index contributed by atoms with van der Waals surface area (Å²) in [5, 5.41) is 2.91. The second kappa shape index (κ2) is 8.32. The van der Waals surface area contributed by atoms with Gasteiger partial charge in [-0.1, -0.05) is 46.3 Å². The zero-order chi connectivity index (χ0) is 21.1. The molecule has 3 aromatic carbocycles. The molecule has 0 fully saturated rings. The van der Waals surface area contributed by atoms with Gasteiger partial charge in [-0.25, -0.2) is 4.98 Å². The lowest BCUT2D eigenvalue weighted by Crippen LogP contribution is -2.42. The maximum Gasteiger partial charge on any atom is 0.267 e. The molecule has 0 unspecified atom stereocenters. The number of anilines is 1. The maximum absolute atomic E-state index is 12.8. The number of nitrogens with one attached hydrogen (secondary N) is 1. The highest BCUT2D eigenvalue weighted by atomic mass is 79.9. The number of carbonyl (C=O) groups is 1. The van der Waals surface area contributed by atoms with E-state index in [1.807, 2.05) is 60.7 Å². The fourth-order valence-corrected chi connectivity index (χ4v) is 3.29. The lowest BCUT2D eigenvalue weighted by Gasteiger charge is -2.25. The van der Waals surface area contributed by atoms with E-state index in [1.165, 1.54) is 0 Å². The highest BCUT2D eigenvalue weighted by Gasteiger charge is 2.30. The molecule has 4 aromatic rings. The number of amides is 1. The van der Waals surface area contributed by atoms with Crippen molar-refractivity contribution in [2.75, 3.05) is 5.32 Å². The smallest absolute Gasteiger partial charge is 0.267 e. The van der Waals surface area contributed by atoms with E-state index in [9.17, 15) is 4.79 Å². The minimum absolute atomic E-state index is 0.252. The van der Waals surface area contributed by atoms with Crippen molar-refractivity contribution in [1.29, 1.82) is 0 Å². The number of carbonyl (C=O) groups excluding carboxylic acids is 1. The third-order valence-corrected chi connectivity index (χ3v) is 5.15. The fourth-order valence-electron chi connectivity index (χ4n) is 3.02. The van der Waals surface area contributed by atoms with Crippen LogP contribution in [0, 0.1) is 0 Å². The molecule has 0 bridgehead atoms. The Bertz CT molecular complexity index is 1170. The molecule has 30 heavy (non-hydrogen) atoms. The first-order valence-corrected chi connectivity index (χ1v) is 10.4. The zero-order valence-corrected chi connectivity index (χ0v) is 18.3. The van der Waals surface area contributed by atoms with Gasteiger partial charge >= 0.3 is 0 Å². The summed E-state index contributed by atoms with van der Waals surface area (Å²) in [4.78, 5) is 17.4. The quantitative estimate of drug-likeness (QED) is 0.381. The summed E-state index contributed by atoms with van der Waals surface area (Å²) in [5.41, 5.74) is 2.10. The van der Waals surface area contributed by atoms with Gasteiger partial charge in [-0.3, -0.25) is 4.79 Å².